The Morgan fingerprint density at radius 3 is 1.08 bits per heavy atom. The Balaban J connectivity index is 2.16. The molecule has 0 aromatic rings. The van der Waals surface area contributed by atoms with Gasteiger partial charge in [0.25, 0.3) is 0 Å². The smallest absolute Gasteiger partial charge is 0.220 e. The van der Waals surface area contributed by atoms with Crippen molar-refractivity contribution in [2.24, 2.45) is 0 Å². The van der Waals surface area contributed by atoms with Gasteiger partial charge in [-0.3, -0.25) is 4.79 Å². The first-order valence-electron chi connectivity index (χ1n) is 36.6. The number of carbonyl (C=O) groups is 1. The van der Waals surface area contributed by atoms with Gasteiger partial charge in [0.15, 0.2) is 6.29 Å². The van der Waals surface area contributed by atoms with Gasteiger partial charge in [-0.25, -0.2) is 0 Å². The minimum absolute atomic E-state index is 0.194. The number of rotatable bonds is 62. The number of allylic oxidation sites excluding steroid dienone is 23. The summed E-state index contributed by atoms with van der Waals surface area (Å²) in [5.41, 5.74) is 0. The first-order valence-corrected chi connectivity index (χ1v) is 36.6. The van der Waals surface area contributed by atoms with E-state index < -0.39 is 49.5 Å². The fourth-order valence-electron chi connectivity index (χ4n) is 10.7. The van der Waals surface area contributed by atoms with Crippen molar-refractivity contribution >= 4 is 5.91 Å². The Morgan fingerprint density at radius 1 is 0.393 bits per heavy atom. The van der Waals surface area contributed by atoms with Crippen LogP contribution in [-0.2, 0) is 14.3 Å². The summed E-state index contributed by atoms with van der Waals surface area (Å²) in [6, 6.07) is -0.836. The summed E-state index contributed by atoms with van der Waals surface area (Å²) >= 11 is 0. The molecule has 0 aliphatic carbocycles. The van der Waals surface area contributed by atoms with Gasteiger partial charge in [-0.05, 0) is 109 Å². The highest BCUT2D eigenvalue weighted by molar-refractivity contribution is 5.76. The highest BCUT2D eigenvalue weighted by atomic mass is 16.7. The number of amides is 1. The molecule has 1 amide bonds. The van der Waals surface area contributed by atoms with Gasteiger partial charge in [0, 0.05) is 6.42 Å². The molecule has 0 saturated carbocycles. The molecule has 1 heterocycles. The number of aliphatic hydroxyl groups excluding tert-OH is 5. The van der Waals surface area contributed by atoms with Gasteiger partial charge >= 0.3 is 0 Å². The monoisotopic (exact) mass is 1240 g/mol. The van der Waals surface area contributed by atoms with E-state index in [4.69, 9.17) is 9.47 Å². The van der Waals surface area contributed by atoms with E-state index in [-0.39, 0.29) is 12.5 Å². The molecule has 1 aliphatic rings. The van der Waals surface area contributed by atoms with Crippen LogP contribution in [0.5, 0.6) is 0 Å². The molecule has 6 N–H and O–H groups in total. The summed E-state index contributed by atoms with van der Waals surface area (Å²) in [5.74, 6) is -0.194. The molecule has 89 heavy (non-hydrogen) atoms. The third-order valence-corrected chi connectivity index (χ3v) is 16.4. The number of ether oxygens (including phenoxy) is 2. The predicted molar refractivity (Wildman–Crippen MR) is 382 cm³/mol. The normalized spacial score (nSPS) is 18.8. The van der Waals surface area contributed by atoms with Crippen molar-refractivity contribution in [3.05, 3.63) is 146 Å². The molecule has 1 rings (SSSR count). The molecule has 0 aromatic carbocycles. The van der Waals surface area contributed by atoms with E-state index >= 15 is 0 Å². The molecule has 9 heteroatoms. The fraction of sp³-hybridized carbons (Fsp3) is 0.688. The molecule has 7 unspecified atom stereocenters. The van der Waals surface area contributed by atoms with Crippen molar-refractivity contribution in [1.29, 1.82) is 0 Å². The van der Waals surface area contributed by atoms with Crippen LogP contribution < -0.4 is 5.32 Å². The molecule has 0 aromatic heterocycles. The summed E-state index contributed by atoms with van der Waals surface area (Å²) in [5, 5.41) is 54.8. The van der Waals surface area contributed by atoms with E-state index in [9.17, 15) is 30.3 Å². The van der Waals surface area contributed by atoms with Crippen LogP contribution in [0.2, 0.25) is 0 Å². The summed E-state index contributed by atoms with van der Waals surface area (Å²) < 4.78 is 11.3. The molecule has 0 bridgehead atoms. The zero-order chi connectivity index (χ0) is 64.2. The van der Waals surface area contributed by atoms with E-state index in [1.807, 2.05) is 6.08 Å². The average molecular weight is 1240 g/mol. The Morgan fingerprint density at radius 2 is 0.708 bits per heavy atom. The van der Waals surface area contributed by atoms with Gasteiger partial charge in [0.05, 0.1) is 25.4 Å². The lowest BCUT2D eigenvalue weighted by Crippen LogP contribution is -2.60. The predicted octanol–water partition coefficient (Wildman–Crippen LogP) is 20.5. The number of unbranched alkanes of at least 4 members (excludes halogenated alkanes) is 30. The lowest BCUT2D eigenvalue weighted by atomic mass is 9.99. The van der Waals surface area contributed by atoms with Crippen LogP contribution in [0.3, 0.4) is 0 Å². The summed E-state index contributed by atoms with van der Waals surface area (Å²) in [4.78, 5) is 13.1. The fourth-order valence-corrected chi connectivity index (χ4v) is 10.7. The highest BCUT2D eigenvalue weighted by Crippen LogP contribution is 2.23. The Bertz CT molecular complexity index is 1920. The van der Waals surface area contributed by atoms with Gasteiger partial charge in [0.1, 0.15) is 24.4 Å². The zero-order valence-electron chi connectivity index (χ0n) is 56.9. The van der Waals surface area contributed by atoms with Crippen LogP contribution >= 0.6 is 0 Å². The van der Waals surface area contributed by atoms with Gasteiger partial charge < -0.3 is 40.3 Å². The van der Waals surface area contributed by atoms with E-state index in [0.717, 1.165) is 116 Å². The standard InChI is InChI=1S/C80H135NO8/c1-3-5-7-9-11-13-15-17-19-21-23-25-27-29-30-31-32-33-34-35-36-37-38-39-40-41-42-43-44-46-48-50-52-54-56-58-60-62-64-66-68-70-76(84)81-73(72-88-80-79(87)78(86)77(85)75(71-82)89-80)74(83)69-67-65-63-61-59-57-55-53-51-49-47-45-28-26-24-22-20-18-16-14-12-10-8-6-4-2/h5,7,11,13,17,19,23,25,29-30,32-33,35-36,38-39,41-42,44,46,59,61,67,69,73-75,77-80,82-83,85-87H,3-4,6,8-10,12,14-16,18,20-22,24,26-28,31,34,37,40,43,45,47-58,60,62-66,68,70-72H2,1-2H3,(H,81,84)/b7-5-,13-11-,19-17-,25-23-,30-29-,33-32-,36-35-,39-38-,42-41-,46-44-,61-59+,69-67+. The quantitative estimate of drug-likeness (QED) is 0.0261. The Labute approximate surface area is 546 Å². The minimum Gasteiger partial charge on any atom is -0.394 e. The lowest BCUT2D eigenvalue weighted by Gasteiger charge is -2.40. The highest BCUT2D eigenvalue weighted by Gasteiger charge is 2.44. The first-order chi connectivity index (χ1) is 43.8. The topological polar surface area (TPSA) is 149 Å². The molecule has 508 valence electrons. The van der Waals surface area contributed by atoms with Gasteiger partial charge in [-0.15, -0.1) is 0 Å². The van der Waals surface area contributed by atoms with Crippen LogP contribution in [0.25, 0.3) is 0 Å². The first kappa shape index (κ1) is 83.1. The third-order valence-electron chi connectivity index (χ3n) is 16.4. The molecule has 1 saturated heterocycles. The Hall–Kier alpha value is -3.93. The van der Waals surface area contributed by atoms with Crippen molar-refractivity contribution in [3.8, 4) is 0 Å². The number of carbonyl (C=O) groups excluding carboxylic acids is 1. The van der Waals surface area contributed by atoms with Crippen molar-refractivity contribution in [3.63, 3.8) is 0 Å². The van der Waals surface area contributed by atoms with Crippen molar-refractivity contribution in [2.75, 3.05) is 13.2 Å². The van der Waals surface area contributed by atoms with Crippen LogP contribution in [0, 0.1) is 0 Å². The van der Waals surface area contributed by atoms with Gasteiger partial charge in [-0.2, -0.15) is 0 Å². The van der Waals surface area contributed by atoms with Gasteiger partial charge in [-0.1, -0.05) is 327 Å². The maximum Gasteiger partial charge on any atom is 0.220 e. The molecule has 0 radical (unpaired) electrons. The van der Waals surface area contributed by atoms with Crippen LogP contribution in [0.15, 0.2) is 146 Å². The van der Waals surface area contributed by atoms with Crippen molar-refractivity contribution in [2.45, 2.75) is 339 Å². The Kier molecular flexibility index (Phi) is 62.5. The van der Waals surface area contributed by atoms with E-state index in [2.05, 4.69) is 153 Å². The second-order valence-electron chi connectivity index (χ2n) is 24.6. The second-order valence-corrected chi connectivity index (χ2v) is 24.6. The van der Waals surface area contributed by atoms with Crippen LogP contribution in [0.1, 0.15) is 296 Å². The van der Waals surface area contributed by atoms with Gasteiger partial charge in [0.2, 0.25) is 5.91 Å². The number of nitrogens with one attached hydrogen (secondary N) is 1. The maximum atomic E-state index is 13.1. The number of aliphatic hydroxyl groups is 5. The molecule has 1 fully saturated rings. The third kappa shape index (κ3) is 55.4. The molecule has 0 spiro atoms. The van der Waals surface area contributed by atoms with E-state index in [0.29, 0.717) is 6.42 Å². The summed E-state index contributed by atoms with van der Waals surface area (Å²) in [7, 11) is 0. The number of hydrogen-bond acceptors (Lipinski definition) is 8. The van der Waals surface area contributed by atoms with Crippen molar-refractivity contribution < 1.29 is 39.8 Å². The average Bonchev–Trinajstić information content (AvgIpc) is 2.59. The zero-order valence-corrected chi connectivity index (χ0v) is 56.9. The molecular formula is C80H135NO8. The lowest BCUT2D eigenvalue weighted by molar-refractivity contribution is -0.302. The van der Waals surface area contributed by atoms with Crippen LogP contribution in [-0.4, -0.2) is 87.5 Å². The maximum absolute atomic E-state index is 13.1. The molecule has 1 aliphatic heterocycles. The minimum atomic E-state index is -1.58. The van der Waals surface area contributed by atoms with E-state index in [1.165, 1.54) is 161 Å². The molecular weight excluding hydrogens is 1100 g/mol. The molecule has 9 nitrogen and oxygen atoms in total. The summed E-state index contributed by atoms with van der Waals surface area (Å²) in [6.45, 7) is 3.67. The summed E-state index contributed by atoms with van der Waals surface area (Å²) in [6.07, 6.45) is 96.7. The van der Waals surface area contributed by atoms with E-state index in [1.54, 1.807) is 6.08 Å². The number of hydrogen-bond donors (Lipinski definition) is 6. The SMILES string of the molecule is CC/C=C\C/C=C\C/C=C\C/C=C\C/C=C\C/C=C\C/C=C\C/C=C\C/C=C\C/C=C\CCCCCCCCCCCCC(=O)NC(COC1OC(CO)C(O)C(O)C1O)C(O)/C=C/CC/C=C/CCCCCCCCCCCCCCCCCCCCC. The second kappa shape index (κ2) is 67.0. The molecule has 7 atom stereocenters. The largest absolute Gasteiger partial charge is 0.394 e. The van der Waals surface area contributed by atoms with Crippen LogP contribution in [0.4, 0.5) is 0 Å². The van der Waals surface area contributed by atoms with Crippen molar-refractivity contribution in [1.82, 2.24) is 5.32 Å².